The molecule has 3 aromatic heterocycles. The molecule has 0 fully saturated rings. The zero-order valence-electron chi connectivity index (χ0n) is 19.5. The Kier molecular flexibility index (Phi) is 7.20. The average molecular weight is 566 g/mol. The number of alkyl halides is 5. The monoisotopic (exact) mass is 566 g/mol. The van der Waals surface area contributed by atoms with E-state index in [4.69, 9.17) is 5.26 Å². The summed E-state index contributed by atoms with van der Waals surface area (Å²) < 4.78 is 93.6. The number of hydrogen-bond acceptors (Lipinski definition) is 8. The zero-order chi connectivity index (χ0) is 28.5. The fraction of sp³-hybridized carbons (Fsp3) is 0.174. The van der Waals surface area contributed by atoms with Crippen molar-refractivity contribution < 1.29 is 39.9 Å². The number of fused-ring (bicyclic) bond motifs is 1. The quantitative estimate of drug-likeness (QED) is 0.330. The molecule has 4 rings (SSSR count). The molecule has 0 spiro atoms. The highest BCUT2D eigenvalue weighted by atomic mass is 32.2. The van der Waals surface area contributed by atoms with Crippen molar-refractivity contribution in [2.24, 2.45) is 0 Å². The minimum absolute atomic E-state index is 0.164. The number of carbonyl (C=O) groups excluding carboxylic acids is 1. The normalized spacial score (nSPS) is 12.8. The predicted octanol–water partition coefficient (Wildman–Crippen LogP) is 4.07. The van der Waals surface area contributed by atoms with Crippen LogP contribution >= 0.6 is 0 Å². The van der Waals surface area contributed by atoms with Crippen molar-refractivity contribution in [3.63, 3.8) is 0 Å². The lowest BCUT2D eigenvalue weighted by Crippen LogP contribution is -2.29. The molecule has 1 atom stereocenters. The van der Waals surface area contributed by atoms with Gasteiger partial charge >= 0.3 is 12.1 Å². The molecule has 0 radical (unpaired) electrons. The fourth-order valence-electron chi connectivity index (χ4n) is 3.54. The van der Waals surface area contributed by atoms with Gasteiger partial charge in [-0.2, -0.15) is 14.0 Å². The Morgan fingerprint density at radius 2 is 1.90 bits per heavy atom. The van der Waals surface area contributed by atoms with E-state index < -0.39 is 50.1 Å². The SMILES string of the molecule is CC(NC(=O)c1cc(OC(F)(F)F)cc(S(=O)(=O)C(F)F)c1)c1nc2cccnc2n1-c1ccc(C#N)cn1. The molecule has 0 saturated heterocycles. The van der Waals surface area contributed by atoms with Crippen molar-refractivity contribution in [3.8, 4) is 17.6 Å². The number of sulfone groups is 1. The summed E-state index contributed by atoms with van der Waals surface area (Å²) in [5, 5.41) is 11.5. The maximum atomic E-state index is 13.1. The molecule has 10 nitrogen and oxygen atoms in total. The van der Waals surface area contributed by atoms with Gasteiger partial charge in [0.25, 0.3) is 5.91 Å². The van der Waals surface area contributed by atoms with Crippen LogP contribution in [-0.2, 0) is 9.84 Å². The Morgan fingerprint density at radius 3 is 2.51 bits per heavy atom. The van der Waals surface area contributed by atoms with E-state index in [0.29, 0.717) is 23.3 Å². The van der Waals surface area contributed by atoms with Gasteiger partial charge in [-0.25, -0.2) is 23.4 Å². The molecule has 0 bridgehead atoms. The van der Waals surface area contributed by atoms with Crippen LogP contribution in [0.3, 0.4) is 0 Å². The number of aromatic nitrogens is 4. The van der Waals surface area contributed by atoms with Crippen LogP contribution in [0.15, 0.2) is 59.8 Å². The topological polar surface area (TPSA) is 140 Å². The van der Waals surface area contributed by atoms with E-state index in [-0.39, 0.29) is 23.3 Å². The number of nitrogens with zero attached hydrogens (tertiary/aromatic N) is 5. The Bertz CT molecular complexity index is 1700. The third-order valence-corrected chi connectivity index (χ3v) is 6.58. The number of halogens is 5. The number of nitrogens with one attached hydrogen (secondary N) is 1. The lowest BCUT2D eigenvalue weighted by atomic mass is 10.2. The molecule has 16 heteroatoms. The van der Waals surface area contributed by atoms with E-state index in [2.05, 4.69) is 25.0 Å². The number of carbonyl (C=O) groups is 1. The van der Waals surface area contributed by atoms with E-state index in [1.165, 1.54) is 36.0 Å². The standard InChI is InChI=1S/C23H15F5N6O4S/c1-12(19-33-17-3-2-6-30-20(17)34(19)18-5-4-13(10-29)11-31-18)32-21(35)14-7-15(38-23(26,27)28)9-16(8-14)39(36,37)22(24)25/h2-9,11-12,22H,1H3,(H,32,35). The van der Waals surface area contributed by atoms with Crippen LogP contribution in [0.25, 0.3) is 17.0 Å². The van der Waals surface area contributed by atoms with Crippen molar-refractivity contribution in [2.45, 2.75) is 30.0 Å². The van der Waals surface area contributed by atoms with Crippen molar-refractivity contribution in [2.75, 3.05) is 0 Å². The van der Waals surface area contributed by atoms with E-state index >= 15 is 0 Å². The summed E-state index contributed by atoms with van der Waals surface area (Å²) >= 11 is 0. The van der Waals surface area contributed by atoms with Gasteiger partial charge in [0.1, 0.15) is 29.0 Å². The van der Waals surface area contributed by atoms with E-state index in [9.17, 15) is 35.2 Å². The highest BCUT2D eigenvalue weighted by Gasteiger charge is 2.34. The molecule has 0 aliphatic rings. The van der Waals surface area contributed by atoms with Gasteiger partial charge in [-0.1, -0.05) is 0 Å². The summed E-state index contributed by atoms with van der Waals surface area (Å²) in [6.07, 6.45) is -2.51. The molecule has 1 N–H and O–H groups in total. The first-order valence-corrected chi connectivity index (χ1v) is 12.3. The molecular weight excluding hydrogens is 551 g/mol. The number of pyridine rings is 2. The third-order valence-electron chi connectivity index (χ3n) is 5.22. The molecule has 39 heavy (non-hydrogen) atoms. The maximum absolute atomic E-state index is 13.1. The van der Waals surface area contributed by atoms with E-state index in [1.807, 2.05) is 6.07 Å². The minimum atomic E-state index is -5.37. The first kappa shape index (κ1) is 27.4. The number of hydrogen-bond donors (Lipinski definition) is 1. The van der Waals surface area contributed by atoms with Crippen molar-refractivity contribution in [3.05, 3.63) is 71.8 Å². The van der Waals surface area contributed by atoms with Gasteiger partial charge in [-0.3, -0.25) is 9.36 Å². The van der Waals surface area contributed by atoms with Crippen LogP contribution < -0.4 is 10.1 Å². The second kappa shape index (κ2) is 10.3. The van der Waals surface area contributed by atoms with Crippen LogP contribution in [0.2, 0.25) is 0 Å². The first-order chi connectivity index (χ1) is 18.3. The maximum Gasteiger partial charge on any atom is 0.573 e. The molecular formula is C23H15F5N6O4S. The van der Waals surface area contributed by atoms with Crippen molar-refractivity contribution >= 4 is 26.9 Å². The van der Waals surface area contributed by atoms with E-state index in [0.717, 1.165) is 0 Å². The Balaban J connectivity index is 1.74. The molecule has 0 saturated carbocycles. The van der Waals surface area contributed by atoms with Gasteiger partial charge in [-0.05, 0) is 49.4 Å². The summed E-state index contributed by atoms with van der Waals surface area (Å²) in [6.45, 7) is 1.46. The number of amides is 1. The molecule has 0 aliphatic carbocycles. The molecule has 1 unspecified atom stereocenters. The summed E-state index contributed by atoms with van der Waals surface area (Å²) in [5.74, 6) is -5.81. The number of ether oxygens (including phenoxy) is 1. The molecule has 3 heterocycles. The van der Waals surface area contributed by atoms with Crippen LogP contribution in [-0.4, -0.2) is 46.0 Å². The molecule has 4 aromatic rings. The minimum Gasteiger partial charge on any atom is -0.406 e. The Hall–Kier alpha value is -4.65. The number of benzene rings is 1. The largest absolute Gasteiger partial charge is 0.573 e. The highest BCUT2D eigenvalue weighted by molar-refractivity contribution is 7.91. The summed E-state index contributed by atoms with van der Waals surface area (Å²) in [6, 6.07) is 8.48. The predicted molar refractivity (Wildman–Crippen MR) is 124 cm³/mol. The zero-order valence-corrected chi connectivity index (χ0v) is 20.3. The fourth-order valence-corrected chi connectivity index (χ4v) is 4.32. The lowest BCUT2D eigenvalue weighted by Gasteiger charge is -2.17. The Morgan fingerprint density at radius 1 is 1.15 bits per heavy atom. The molecule has 202 valence electrons. The summed E-state index contributed by atoms with van der Waals surface area (Å²) in [4.78, 5) is 24.7. The van der Waals surface area contributed by atoms with Gasteiger partial charge in [-0.15, -0.1) is 13.2 Å². The van der Waals surface area contributed by atoms with Crippen molar-refractivity contribution in [1.29, 1.82) is 5.26 Å². The second-order valence-corrected chi connectivity index (χ2v) is 9.83. The number of nitriles is 1. The number of rotatable bonds is 7. The van der Waals surface area contributed by atoms with Gasteiger partial charge in [0.15, 0.2) is 5.65 Å². The van der Waals surface area contributed by atoms with Crippen LogP contribution in [0.1, 0.15) is 34.7 Å². The first-order valence-electron chi connectivity index (χ1n) is 10.7. The van der Waals surface area contributed by atoms with Gasteiger partial charge in [0.05, 0.1) is 16.5 Å². The highest BCUT2D eigenvalue weighted by Crippen LogP contribution is 2.30. The molecule has 1 amide bonds. The summed E-state index contributed by atoms with van der Waals surface area (Å²) in [5.41, 5.74) is 0.303. The second-order valence-electron chi connectivity index (χ2n) is 7.91. The smallest absolute Gasteiger partial charge is 0.406 e. The molecule has 0 aliphatic heterocycles. The van der Waals surface area contributed by atoms with Crippen LogP contribution in [0.5, 0.6) is 5.75 Å². The van der Waals surface area contributed by atoms with Gasteiger partial charge in [0, 0.05) is 18.0 Å². The van der Waals surface area contributed by atoms with Crippen molar-refractivity contribution in [1.82, 2.24) is 24.8 Å². The Labute approximate surface area is 216 Å². The van der Waals surface area contributed by atoms with E-state index in [1.54, 1.807) is 12.1 Å². The third kappa shape index (κ3) is 5.77. The van der Waals surface area contributed by atoms with Crippen LogP contribution in [0, 0.1) is 11.3 Å². The van der Waals surface area contributed by atoms with Gasteiger partial charge in [0.2, 0.25) is 9.84 Å². The summed E-state index contributed by atoms with van der Waals surface area (Å²) in [7, 11) is -5.37. The van der Waals surface area contributed by atoms with Crippen LogP contribution in [0.4, 0.5) is 22.0 Å². The molecule has 1 aromatic carbocycles. The number of imidazole rings is 1. The van der Waals surface area contributed by atoms with Gasteiger partial charge < -0.3 is 10.1 Å². The lowest BCUT2D eigenvalue weighted by molar-refractivity contribution is -0.274. The average Bonchev–Trinajstić information content (AvgIpc) is 3.27.